The van der Waals surface area contributed by atoms with Gasteiger partial charge in [0.15, 0.2) is 0 Å². The van der Waals surface area contributed by atoms with Gasteiger partial charge in [-0.05, 0) is 31.4 Å². The Hall–Kier alpha value is -1.38. The minimum absolute atomic E-state index is 0.350. The van der Waals surface area contributed by atoms with Gasteiger partial charge in [0.05, 0.1) is 18.5 Å². The largest absolute Gasteiger partial charge is 0.497 e. The highest BCUT2D eigenvalue weighted by Crippen LogP contribution is 2.43. The van der Waals surface area contributed by atoms with Gasteiger partial charge in [-0.2, -0.15) is 0 Å². The molecule has 104 valence electrons. The molecule has 1 aromatic carbocycles. The van der Waals surface area contributed by atoms with Crippen LogP contribution in [0.2, 0.25) is 0 Å². The molecule has 3 rings (SSSR count). The SMILES string of the molecule is COc1ccc2c(c1)N(C)C1(CCCCC1)CCN2. The van der Waals surface area contributed by atoms with Crippen molar-refractivity contribution in [1.29, 1.82) is 0 Å². The number of nitrogens with one attached hydrogen (secondary N) is 1. The number of hydrogen-bond acceptors (Lipinski definition) is 3. The summed E-state index contributed by atoms with van der Waals surface area (Å²) in [6.07, 6.45) is 8.01. The fourth-order valence-electron chi connectivity index (χ4n) is 3.71. The average molecular weight is 260 g/mol. The van der Waals surface area contributed by atoms with E-state index in [1.54, 1.807) is 7.11 Å². The number of benzene rings is 1. The van der Waals surface area contributed by atoms with Crippen LogP contribution in [-0.4, -0.2) is 26.2 Å². The third-order valence-corrected chi connectivity index (χ3v) is 4.97. The Morgan fingerprint density at radius 2 is 1.95 bits per heavy atom. The standard InChI is InChI=1S/C16H24N2O/c1-18-15-12-13(19-2)6-7-14(15)17-11-10-16(18)8-4-3-5-9-16/h6-7,12,17H,3-5,8-11H2,1-2H3. The lowest BCUT2D eigenvalue weighted by molar-refractivity contribution is 0.274. The molecule has 1 aliphatic heterocycles. The molecule has 1 N–H and O–H groups in total. The monoisotopic (exact) mass is 260 g/mol. The van der Waals surface area contributed by atoms with E-state index in [0.717, 1.165) is 12.3 Å². The lowest BCUT2D eigenvalue weighted by Gasteiger charge is -2.45. The highest BCUT2D eigenvalue weighted by molar-refractivity contribution is 5.73. The Bertz CT molecular complexity index is 452. The molecule has 0 unspecified atom stereocenters. The van der Waals surface area contributed by atoms with Gasteiger partial charge in [0, 0.05) is 25.2 Å². The number of ether oxygens (including phenoxy) is 1. The maximum absolute atomic E-state index is 5.39. The van der Waals surface area contributed by atoms with E-state index in [2.05, 4.69) is 29.4 Å². The topological polar surface area (TPSA) is 24.5 Å². The molecular formula is C16H24N2O. The minimum atomic E-state index is 0.350. The minimum Gasteiger partial charge on any atom is -0.497 e. The van der Waals surface area contributed by atoms with Crippen LogP contribution in [0.5, 0.6) is 5.75 Å². The zero-order chi connectivity index (χ0) is 13.3. The van der Waals surface area contributed by atoms with Gasteiger partial charge >= 0.3 is 0 Å². The first-order valence-corrected chi connectivity index (χ1v) is 7.41. The fraction of sp³-hybridized carbons (Fsp3) is 0.625. The molecule has 1 aliphatic carbocycles. The van der Waals surface area contributed by atoms with Crippen molar-refractivity contribution >= 4 is 11.4 Å². The maximum atomic E-state index is 5.39. The zero-order valence-corrected chi connectivity index (χ0v) is 12.0. The molecule has 0 atom stereocenters. The summed E-state index contributed by atoms with van der Waals surface area (Å²) in [5.41, 5.74) is 2.88. The summed E-state index contributed by atoms with van der Waals surface area (Å²) in [6, 6.07) is 6.36. The molecule has 3 heteroatoms. The van der Waals surface area contributed by atoms with Gasteiger partial charge in [-0.1, -0.05) is 19.3 Å². The quantitative estimate of drug-likeness (QED) is 0.834. The van der Waals surface area contributed by atoms with E-state index in [1.807, 2.05) is 6.07 Å². The molecule has 0 radical (unpaired) electrons. The molecule has 0 bridgehead atoms. The predicted octanol–water partition coefficient (Wildman–Crippen LogP) is 3.65. The summed E-state index contributed by atoms with van der Waals surface area (Å²) >= 11 is 0. The highest BCUT2D eigenvalue weighted by atomic mass is 16.5. The number of hydrogen-bond donors (Lipinski definition) is 1. The van der Waals surface area contributed by atoms with Crippen LogP contribution < -0.4 is 15.0 Å². The Morgan fingerprint density at radius 3 is 2.68 bits per heavy atom. The van der Waals surface area contributed by atoms with E-state index in [9.17, 15) is 0 Å². The van der Waals surface area contributed by atoms with Crippen molar-refractivity contribution in [2.75, 3.05) is 30.9 Å². The Balaban J connectivity index is 1.99. The third-order valence-electron chi connectivity index (χ3n) is 4.97. The Labute approximate surface area is 115 Å². The van der Waals surface area contributed by atoms with E-state index >= 15 is 0 Å². The summed E-state index contributed by atoms with van der Waals surface area (Å²) in [6.45, 7) is 1.07. The van der Waals surface area contributed by atoms with Crippen molar-refractivity contribution in [3.05, 3.63) is 18.2 Å². The highest BCUT2D eigenvalue weighted by Gasteiger charge is 2.38. The van der Waals surface area contributed by atoms with Crippen LogP contribution in [0.3, 0.4) is 0 Å². The van der Waals surface area contributed by atoms with Crippen molar-refractivity contribution < 1.29 is 4.74 Å². The van der Waals surface area contributed by atoms with Gasteiger partial charge in [0.2, 0.25) is 0 Å². The van der Waals surface area contributed by atoms with E-state index in [0.29, 0.717) is 5.54 Å². The summed E-state index contributed by atoms with van der Waals surface area (Å²) in [5.74, 6) is 0.945. The van der Waals surface area contributed by atoms with Crippen molar-refractivity contribution in [2.24, 2.45) is 0 Å². The molecule has 0 saturated heterocycles. The average Bonchev–Trinajstić information content (AvgIpc) is 2.59. The second kappa shape index (κ2) is 4.95. The molecule has 3 nitrogen and oxygen atoms in total. The van der Waals surface area contributed by atoms with Crippen LogP contribution in [0.4, 0.5) is 11.4 Å². The van der Waals surface area contributed by atoms with Gasteiger partial charge < -0.3 is 15.0 Å². The first-order valence-electron chi connectivity index (χ1n) is 7.41. The lowest BCUT2D eigenvalue weighted by atomic mass is 9.78. The molecule has 0 amide bonds. The number of rotatable bonds is 1. The van der Waals surface area contributed by atoms with Gasteiger partial charge in [0.1, 0.15) is 5.75 Å². The molecule has 2 aliphatic rings. The molecule has 1 fully saturated rings. The lowest BCUT2D eigenvalue weighted by Crippen LogP contribution is -2.48. The predicted molar refractivity (Wildman–Crippen MR) is 80.3 cm³/mol. The van der Waals surface area contributed by atoms with Crippen LogP contribution in [0.1, 0.15) is 38.5 Å². The summed E-state index contributed by atoms with van der Waals surface area (Å²) < 4.78 is 5.39. The van der Waals surface area contributed by atoms with Crippen molar-refractivity contribution in [1.82, 2.24) is 0 Å². The second-order valence-corrected chi connectivity index (χ2v) is 5.90. The summed E-state index contributed by atoms with van der Waals surface area (Å²) in [4.78, 5) is 2.52. The van der Waals surface area contributed by atoms with Gasteiger partial charge in [-0.25, -0.2) is 0 Å². The first-order chi connectivity index (χ1) is 9.25. The Kier molecular flexibility index (Phi) is 3.29. The van der Waals surface area contributed by atoms with Gasteiger partial charge in [-0.15, -0.1) is 0 Å². The molecule has 19 heavy (non-hydrogen) atoms. The molecule has 1 spiro atoms. The van der Waals surface area contributed by atoms with E-state index in [1.165, 1.54) is 49.9 Å². The van der Waals surface area contributed by atoms with E-state index in [-0.39, 0.29) is 0 Å². The molecular weight excluding hydrogens is 236 g/mol. The third kappa shape index (κ3) is 2.15. The number of fused-ring (bicyclic) bond motifs is 1. The molecule has 0 aromatic heterocycles. The first kappa shape index (κ1) is 12.6. The fourth-order valence-corrected chi connectivity index (χ4v) is 3.71. The van der Waals surface area contributed by atoms with Crippen LogP contribution in [0.15, 0.2) is 18.2 Å². The molecule has 1 saturated carbocycles. The maximum Gasteiger partial charge on any atom is 0.121 e. The van der Waals surface area contributed by atoms with E-state index < -0.39 is 0 Å². The van der Waals surface area contributed by atoms with Crippen molar-refractivity contribution in [3.8, 4) is 5.75 Å². The Morgan fingerprint density at radius 1 is 1.16 bits per heavy atom. The number of anilines is 2. The van der Waals surface area contributed by atoms with Crippen molar-refractivity contribution in [3.63, 3.8) is 0 Å². The van der Waals surface area contributed by atoms with Crippen LogP contribution in [0.25, 0.3) is 0 Å². The van der Waals surface area contributed by atoms with Crippen LogP contribution in [0, 0.1) is 0 Å². The molecule has 1 heterocycles. The van der Waals surface area contributed by atoms with E-state index in [4.69, 9.17) is 4.74 Å². The zero-order valence-electron chi connectivity index (χ0n) is 12.0. The van der Waals surface area contributed by atoms with Gasteiger partial charge in [0.25, 0.3) is 0 Å². The molecule has 1 aromatic rings. The smallest absolute Gasteiger partial charge is 0.121 e. The summed E-state index contributed by atoms with van der Waals surface area (Å²) in [5, 5.41) is 3.58. The second-order valence-electron chi connectivity index (χ2n) is 5.90. The van der Waals surface area contributed by atoms with Crippen LogP contribution in [-0.2, 0) is 0 Å². The van der Waals surface area contributed by atoms with Gasteiger partial charge in [-0.3, -0.25) is 0 Å². The summed E-state index contributed by atoms with van der Waals surface area (Å²) in [7, 11) is 4.00. The normalized spacial score (nSPS) is 21.5. The number of methoxy groups -OCH3 is 1. The number of nitrogens with zero attached hydrogens (tertiary/aromatic N) is 1. The van der Waals surface area contributed by atoms with Crippen molar-refractivity contribution in [2.45, 2.75) is 44.1 Å². The van der Waals surface area contributed by atoms with Crippen LogP contribution >= 0.6 is 0 Å².